The molecule has 76 valence electrons. The minimum absolute atomic E-state index is 0.0615. The van der Waals surface area contributed by atoms with Crippen LogP contribution in [0.25, 0.3) is 0 Å². The quantitative estimate of drug-likeness (QED) is 0.743. The first-order valence-electron chi connectivity index (χ1n) is 4.20. The molecule has 0 saturated heterocycles. The molecule has 0 bridgehead atoms. The van der Waals surface area contributed by atoms with Gasteiger partial charge in [0, 0.05) is 6.20 Å². The number of pyridine rings is 1. The van der Waals surface area contributed by atoms with E-state index in [4.69, 9.17) is 5.11 Å². The number of hydrogen-bond acceptors (Lipinski definition) is 4. The number of carboxylic acids is 1. The molecule has 0 saturated carbocycles. The van der Waals surface area contributed by atoms with E-state index in [1.165, 1.54) is 17.4 Å². The van der Waals surface area contributed by atoms with Crippen LogP contribution in [0.5, 0.6) is 0 Å². The molecule has 1 amide bonds. The lowest BCUT2D eigenvalue weighted by Crippen LogP contribution is -2.23. The van der Waals surface area contributed by atoms with Gasteiger partial charge in [0.15, 0.2) is 5.69 Å². The molecule has 0 aromatic carbocycles. The van der Waals surface area contributed by atoms with Gasteiger partial charge in [0.1, 0.15) is 6.54 Å². The summed E-state index contributed by atoms with van der Waals surface area (Å²) in [6, 6.07) is 3.19. The fraction of sp³-hybridized carbons (Fsp3) is 0.111. The molecule has 0 fully saturated rings. The Morgan fingerprint density at radius 2 is 2.33 bits per heavy atom. The van der Waals surface area contributed by atoms with E-state index in [2.05, 4.69) is 9.98 Å². The summed E-state index contributed by atoms with van der Waals surface area (Å²) in [5, 5.41) is 8.87. The van der Waals surface area contributed by atoms with Gasteiger partial charge in [-0.25, -0.2) is 14.8 Å². The SMILES string of the molecule is O=C1CN(c2cccnc2C(=O)O)C=N1. The van der Waals surface area contributed by atoms with Crippen molar-refractivity contribution in [1.29, 1.82) is 0 Å². The average Bonchev–Trinajstić information content (AvgIpc) is 2.65. The largest absolute Gasteiger partial charge is 0.476 e. The summed E-state index contributed by atoms with van der Waals surface area (Å²) in [6.07, 6.45) is 2.70. The molecular weight excluding hydrogens is 198 g/mol. The number of anilines is 1. The number of carbonyl (C=O) groups excluding carboxylic acids is 1. The van der Waals surface area contributed by atoms with E-state index in [1.807, 2.05) is 0 Å². The third kappa shape index (κ3) is 1.69. The predicted octanol–water partition coefficient (Wildman–Crippen LogP) is 0.155. The molecule has 6 nitrogen and oxygen atoms in total. The molecule has 0 aliphatic carbocycles. The van der Waals surface area contributed by atoms with E-state index in [0.717, 1.165) is 0 Å². The average molecular weight is 205 g/mol. The number of hydrogen-bond donors (Lipinski definition) is 1. The Hall–Kier alpha value is -2.24. The van der Waals surface area contributed by atoms with Gasteiger partial charge in [0.25, 0.3) is 5.91 Å². The summed E-state index contributed by atoms with van der Waals surface area (Å²) in [7, 11) is 0. The Labute approximate surface area is 84.9 Å². The van der Waals surface area contributed by atoms with Crippen LogP contribution in [0.3, 0.4) is 0 Å². The van der Waals surface area contributed by atoms with Crippen LogP contribution in [-0.2, 0) is 4.79 Å². The summed E-state index contributed by atoms with van der Waals surface area (Å²) in [5.74, 6) is -1.42. The van der Waals surface area contributed by atoms with E-state index in [0.29, 0.717) is 5.69 Å². The summed E-state index contributed by atoms with van der Waals surface area (Å²) in [5.41, 5.74) is 0.290. The highest BCUT2D eigenvalue weighted by Gasteiger charge is 2.21. The van der Waals surface area contributed by atoms with Crippen molar-refractivity contribution in [3.8, 4) is 0 Å². The summed E-state index contributed by atoms with van der Waals surface area (Å²) in [4.78, 5) is 30.5. The molecule has 15 heavy (non-hydrogen) atoms. The lowest BCUT2D eigenvalue weighted by atomic mass is 10.2. The van der Waals surface area contributed by atoms with Crippen LogP contribution in [0, 0.1) is 0 Å². The smallest absolute Gasteiger partial charge is 0.356 e. The molecule has 1 aromatic heterocycles. The van der Waals surface area contributed by atoms with Gasteiger partial charge in [-0.3, -0.25) is 4.79 Å². The minimum atomic E-state index is -1.13. The fourth-order valence-corrected chi connectivity index (χ4v) is 1.30. The first kappa shape index (κ1) is 9.32. The van der Waals surface area contributed by atoms with Gasteiger partial charge in [-0.2, -0.15) is 0 Å². The Balaban J connectivity index is 2.40. The Morgan fingerprint density at radius 3 is 2.93 bits per heavy atom. The zero-order valence-corrected chi connectivity index (χ0v) is 7.62. The molecule has 0 spiro atoms. The maximum atomic E-state index is 10.9. The van der Waals surface area contributed by atoms with E-state index in [1.54, 1.807) is 12.1 Å². The second-order valence-corrected chi connectivity index (χ2v) is 2.94. The van der Waals surface area contributed by atoms with E-state index in [-0.39, 0.29) is 18.1 Å². The second-order valence-electron chi connectivity index (χ2n) is 2.94. The van der Waals surface area contributed by atoms with Crippen LogP contribution in [0.1, 0.15) is 10.5 Å². The number of rotatable bonds is 2. The van der Waals surface area contributed by atoms with Gasteiger partial charge in [-0.05, 0) is 12.1 Å². The highest BCUT2D eigenvalue weighted by molar-refractivity contribution is 6.05. The normalized spacial score (nSPS) is 14.7. The Kier molecular flexibility index (Phi) is 2.17. The zero-order valence-electron chi connectivity index (χ0n) is 7.62. The number of carbonyl (C=O) groups is 2. The lowest BCUT2D eigenvalue weighted by Gasteiger charge is -2.14. The van der Waals surface area contributed by atoms with Crippen LogP contribution >= 0.6 is 0 Å². The van der Waals surface area contributed by atoms with Crippen LogP contribution in [0.15, 0.2) is 23.3 Å². The van der Waals surface area contributed by atoms with Crippen LogP contribution in [0.2, 0.25) is 0 Å². The van der Waals surface area contributed by atoms with E-state index in [9.17, 15) is 9.59 Å². The number of aliphatic imine (C=N–C) groups is 1. The van der Waals surface area contributed by atoms with Crippen molar-refractivity contribution in [2.75, 3.05) is 11.4 Å². The Bertz CT molecular complexity index is 456. The third-order valence-corrected chi connectivity index (χ3v) is 1.95. The number of aromatic carboxylic acids is 1. The molecule has 1 aromatic rings. The molecule has 0 atom stereocenters. The van der Waals surface area contributed by atoms with Crippen LogP contribution < -0.4 is 4.90 Å². The van der Waals surface area contributed by atoms with Gasteiger partial charge in [0.2, 0.25) is 0 Å². The van der Waals surface area contributed by atoms with Crippen molar-refractivity contribution in [2.45, 2.75) is 0 Å². The molecule has 2 heterocycles. The van der Waals surface area contributed by atoms with Crippen LogP contribution in [-0.4, -0.2) is 34.9 Å². The monoisotopic (exact) mass is 205 g/mol. The molecule has 6 heteroatoms. The van der Waals surface area contributed by atoms with Gasteiger partial charge in [0.05, 0.1) is 12.0 Å². The van der Waals surface area contributed by atoms with Gasteiger partial charge >= 0.3 is 5.97 Å². The molecule has 2 rings (SSSR count). The van der Waals surface area contributed by atoms with Crippen LogP contribution in [0.4, 0.5) is 5.69 Å². The molecule has 0 unspecified atom stereocenters. The third-order valence-electron chi connectivity index (χ3n) is 1.95. The number of carboxylic acid groups (broad SMARTS) is 1. The topological polar surface area (TPSA) is 82.9 Å². The molecule has 1 N–H and O–H groups in total. The molecule has 0 radical (unpaired) electrons. The Morgan fingerprint density at radius 1 is 1.53 bits per heavy atom. The number of amides is 1. The first-order valence-corrected chi connectivity index (χ1v) is 4.20. The summed E-state index contributed by atoms with van der Waals surface area (Å²) in [6.45, 7) is 0.0615. The summed E-state index contributed by atoms with van der Waals surface area (Å²) >= 11 is 0. The highest BCUT2D eigenvalue weighted by Crippen LogP contribution is 2.18. The lowest BCUT2D eigenvalue weighted by molar-refractivity contribution is -0.115. The van der Waals surface area contributed by atoms with E-state index >= 15 is 0 Å². The van der Waals surface area contributed by atoms with Gasteiger partial charge in [-0.15, -0.1) is 0 Å². The zero-order chi connectivity index (χ0) is 10.8. The van der Waals surface area contributed by atoms with Crippen molar-refractivity contribution in [3.63, 3.8) is 0 Å². The minimum Gasteiger partial charge on any atom is -0.476 e. The van der Waals surface area contributed by atoms with Gasteiger partial charge in [-0.1, -0.05) is 0 Å². The molecule has 1 aliphatic heterocycles. The fourth-order valence-electron chi connectivity index (χ4n) is 1.30. The number of aromatic nitrogens is 1. The molecular formula is C9H7N3O3. The second kappa shape index (κ2) is 3.49. The van der Waals surface area contributed by atoms with Crippen molar-refractivity contribution in [1.82, 2.24) is 4.98 Å². The highest BCUT2D eigenvalue weighted by atomic mass is 16.4. The summed E-state index contributed by atoms with van der Waals surface area (Å²) < 4.78 is 0. The van der Waals surface area contributed by atoms with Crippen molar-refractivity contribution < 1.29 is 14.7 Å². The maximum absolute atomic E-state index is 10.9. The first-order chi connectivity index (χ1) is 7.18. The predicted molar refractivity (Wildman–Crippen MR) is 52.0 cm³/mol. The standard InChI is InChI=1S/C9H7N3O3/c13-7-4-12(5-11-7)6-2-1-3-10-8(6)9(14)15/h1-3,5H,4H2,(H,14,15). The van der Waals surface area contributed by atoms with E-state index < -0.39 is 5.97 Å². The van der Waals surface area contributed by atoms with Crippen molar-refractivity contribution in [3.05, 3.63) is 24.0 Å². The van der Waals surface area contributed by atoms with Gasteiger partial charge < -0.3 is 10.0 Å². The number of nitrogens with zero attached hydrogens (tertiary/aromatic N) is 3. The van der Waals surface area contributed by atoms with Crippen molar-refractivity contribution in [2.24, 2.45) is 4.99 Å². The van der Waals surface area contributed by atoms with Crippen molar-refractivity contribution >= 4 is 23.9 Å². The molecule has 1 aliphatic rings. The maximum Gasteiger partial charge on any atom is 0.356 e.